The molecule has 0 spiro atoms. The molecule has 0 atom stereocenters. The van der Waals surface area contributed by atoms with E-state index in [1.165, 1.54) is 71.2 Å². The van der Waals surface area contributed by atoms with Gasteiger partial charge >= 0.3 is 0 Å². The molecule has 1 heterocycles. The first kappa shape index (κ1) is 35.2. The number of para-hydroxylation sites is 1. The van der Waals surface area contributed by atoms with Crippen molar-refractivity contribution in [2.75, 3.05) is 4.90 Å². The van der Waals surface area contributed by atoms with E-state index in [0.29, 0.717) is 0 Å². The van der Waals surface area contributed by atoms with Crippen LogP contribution in [0.1, 0.15) is 11.1 Å². The van der Waals surface area contributed by atoms with Gasteiger partial charge in [-0.05, 0) is 140 Å². The molecule has 2 heteroatoms. The van der Waals surface area contributed by atoms with Gasteiger partial charge in [0.05, 0.1) is 11.0 Å². The fraction of sp³-hybridized carbons (Fsp3) is 0. The van der Waals surface area contributed by atoms with Gasteiger partial charge in [-0.2, -0.15) is 0 Å². The zero-order valence-corrected chi connectivity index (χ0v) is 33.0. The molecule has 0 unspecified atom stereocenters. The molecule has 0 bridgehead atoms. The lowest BCUT2D eigenvalue weighted by Crippen LogP contribution is -2.10. The van der Waals surface area contributed by atoms with E-state index < -0.39 is 0 Å². The highest BCUT2D eigenvalue weighted by molar-refractivity contribution is 6.12. The molecule has 0 amide bonds. The maximum atomic E-state index is 2.42. The molecule has 0 N–H and O–H groups in total. The Hall–Kier alpha value is -7.94. The summed E-state index contributed by atoms with van der Waals surface area (Å²) < 4.78 is 2.42. The second-order valence-electron chi connectivity index (χ2n) is 15.4. The van der Waals surface area contributed by atoms with Gasteiger partial charge in [0.15, 0.2) is 0 Å². The molecule has 0 radical (unpaired) electrons. The molecule has 0 fully saturated rings. The summed E-state index contributed by atoms with van der Waals surface area (Å²) >= 11 is 0. The van der Waals surface area contributed by atoms with E-state index in [2.05, 4.69) is 246 Å². The molecule has 282 valence electrons. The van der Waals surface area contributed by atoms with E-state index in [-0.39, 0.29) is 0 Å². The van der Waals surface area contributed by atoms with Gasteiger partial charge in [-0.15, -0.1) is 0 Å². The highest BCUT2D eigenvalue weighted by Crippen LogP contribution is 2.40. The van der Waals surface area contributed by atoms with E-state index >= 15 is 0 Å². The summed E-state index contributed by atoms with van der Waals surface area (Å²) in [6.07, 6.45) is 4.33. The molecule has 0 aliphatic heterocycles. The van der Waals surface area contributed by atoms with Gasteiger partial charge in [-0.1, -0.05) is 158 Å². The van der Waals surface area contributed by atoms with E-state index in [0.717, 1.165) is 28.3 Å². The Morgan fingerprint density at radius 2 is 0.700 bits per heavy atom. The predicted octanol–water partition coefficient (Wildman–Crippen LogP) is 16.1. The molecule has 10 aromatic carbocycles. The molecule has 11 aromatic rings. The van der Waals surface area contributed by atoms with Gasteiger partial charge in [0.2, 0.25) is 0 Å². The van der Waals surface area contributed by atoms with Gasteiger partial charge in [0, 0.05) is 33.5 Å². The Labute approximate surface area is 350 Å². The van der Waals surface area contributed by atoms with Crippen molar-refractivity contribution in [3.8, 4) is 27.9 Å². The molecule has 0 aliphatic rings. The molecular weight excluding hydrogens is 725 g/mol. The number of rotatable bonds is 8. The van der Waals surface area contributed by atoms with E-state index in [9.17, 15) is 0 Å². The van der Waals surface area contributed by atoms with Crippen LogP contribution in [-0.2, 0) is 0 Å². The maximum absolute atomic E-state index is 2.42. The first-order valence-corrected chi connectivity index (χ1v) is 20.6. The van der Waals surface area contributed by atoms with Crippen LogP contribution in [0.15, 0.2) is 231 Å². The van der Waals surface area contributed by atoms with Crippen LogP contribution in [0, 0.1) is 0 Å². The average Bonchev–Trinajstić information content (AvgIpc) is 3.65. The molecule has 2 nitrogen and oxygen atoms in total. The van der Waals surface area contributed by atoms with Crippen molar-refractivity contribution in [2.24, 2.45) is 0 Å². The fourth-order valence-electron chi connectivity index (χ4n) is 8.66. The van der Waals surface area contributed by atoms with Crippen molar-refractivity contribution in [1.82, 2.24) is 4.57 Å². The third-order valence-corrected chi connectivity index (χ3v) is 11.7. The van der Waals surface area contributed by atoms with Crippen molar-refractivity contribution in [1.29, 1.82) is 0 Å². The number of aromatic nitrogens is 1. The zero-order valence-electron chi connectivity index (χ0n) is 33.0. The minimum atomic E-state index is 1.09. The van der Waals surface area contributed by atoms with Crippen molar-refractivity contribution in [3.63, 3.8) is 0 Å². The number of anilines is 3. The van der Waals surface area contributed by atoms with Crippen LogP contribution >= 0.6 is 0 Å². The second-order valence-corrected chi connectivity index (χ2v) is 15.4. The summed E-state index contributed by atoms with van der Waals surface area (Å²) in [5, 5.41) is 7.46. The number of hydrogen-bond acceptors (Lipinski definition) is 1. The fourth-order valence-corrected chi connectivity index (χ4v) is 8.66. The standard InChI is InChI=1S/C58H40N2/c1-3-11-41(12-4-1)19-20-42-21-29-52(30-22-42)59(51-17-5-2-6-18-51)53-31-33-54(34-32-53)60-57-35-27-49(47-25-23-43-13-7-9-15-45(43)37-47)39-55(57)56-40-50(28-36-58(56)60)48-26-24-44-14-8-10-16-46(44)38-48/h1-40H. The minimum Gasteiger partial charge on any atom is -0.311 e. The topological polar surface area (TPSA) is 8.17 Å². The highest BCUT2D eigenvalue weighted by atomic mass is 15.1. The Bertz CT molecular complexity index is 3200. The number of benzene rings is 10. The van der Waals surface area contributed by atoms with Gasteiger partial charge in [0.1, 0.15) is 0 Å². The van der Waals surface area contributed by atoms with Crippen molar-refractivity contribution in [2.45, 2.75) is 0 Å². The number of fused-ring (bicyclic) bond motifs is 5. The second kappa shape index (κ2) is 15.1. The first-order valence-electron chi connectivity index (χ1n) is 20.6. The average molecular weight is 765 g/mol. The van der Waals surface area contributed by atoms with Crippen LogP contribution in [0.2, 0.25) is 0 Å². The van der Waals surface area contributed by atoms with Gasteiger partial charge in [0.25, 0.3) is 0 Å². The Morgan fingerprint density at radius 3 is 1.23 bits per heavy atom. The van der Waals surface area contributed by atoms with E-state index in [1.807, 2.05) is 6.07 Å². The lowest BCUT2D eigenvalue weighted by molar-refractivity contribution is 1.17. The lowest BCUT2D eigenvalue weighted by atomic mass is 9.98. The van der Waals surface area contributed by atoms with Crippen molar-refractivity contribution >= 4 is 72.6 Å². The summed E-state index contributed by atoms with van der Waals surface area (Å²) in [4.78, 5) is 2.33. The zero-order chi connectivity index (χ0) is 39.8. The normalized spacial score (nSPS) is 11.6. The van der Waals surface area contributed by atoms with Crippen LogP contribution < -0.4 is 4.90 Å². The predicted molar refractivity (Wildman–Crippen MR) is 257 cm³/mol. The minimum absolute atomic E-state index is 1.09. The Balaban J connectivity index is 1.01. The maximum Gasteiger partial charge on any atom is 0.0541 e. The monoisotopic (exact) mass is 764 g/mol. The lowest BCUT2D eigenvalue weighted by Gasteiger charge is -2.26. The van der Waals surface area contributed by atoms with Gasteiger partial charge < -0.3 is 9.47 Å². The smallest absolute Gasteiger partial charge is 0.0541 e. The summed E-state index contributed by atoms with van der Waals surface area (Å²) in [6.45, 7) is 0. The van der Waals surface area contributed by atoms with E-state index in [4.69, 9.17) is 0 Å². The van der Waals surface area contributed by atoms with Crippen LogP contribution in [0.25, 0.3) is 83.4 Å². The molecule has 0 aliphatic carbocycles. The quantitative estimate of drug-likeness (QED) is 0.140. The van der Waals surface area contributed by atoms with E-state index in [1.54, 1.807) is 0 Å². The molecule has 60 heavy (non-hydrogen) atoms. The van der Waals surface area contributed by atoms with Crippen LogP contribution in [0.5, 0.6) is 0 Å². The Kier molecular flexibility index (Phi) is 8.87. The van der Waals surface area contributed by atoms with Crippen molar-refractivity contribution < 1.29 is 0 Å². The molecule has 11 rings (SSSR count). The first-order chi connectivity index (χ1) is 29.7. The summed E-state index contributed by atoms with van der Waals surface area (Å²) in [6, 6.07) is 83.5. The summed E-state index contributed by atoms with van der Waals surface area (Å²) in [5.74, 6) is 0. The van der Waals surface area contributed by atoms with Gasteiger partial charge in [-0.3, -0.25) is 0 Å². The third-order valence-electron chi connectivity index (χ3n) is 11.7. The van der Waals surface area contributed by atoms with Crippen LogP contribution in [0.4, 0.5) is 17.1 Å². The molecule has 0 saturated carbocycles. The summed E-state index contributed by atoms with van der Waals surface area (Å²) in [7, 11) is 0. The number of nitrogens with zero attached hydrogens (tertiary/aromatic N) is 2. The number of hydrogen-bond donors (Lipinski definition) is 0. The SMILES string of the molecule is C(=Cc1ccc(N(c2ccccc2)c2ccc(-n3c4ccc(-c5ccc6ccccc6c5)cc4c4cc(-c5ccc6ccccc6c5)ccc43)cc2)cc1)c1ccccc1. The molecular formula is C58H40N2. The third kappa shape index (κ3) is 6.61. The van der Waals surface area contributed by atoms with Gasteiger partial charge in [-0.25, -0.2) is 0 Å². The van der Waals surface area contributed by atoms with Crippen molar-refractivity contribution in [3.05, 3.63) is 242 Å². The van der Waals surface area contributed by atoms with Crippen LogP contribution in [-0.4, -0.2) is 4.57 Å². The molecule has 0 saturated heterocycles. The molecule has 1 aromatic heterocycles. The summed E-state index contributed by atoms with van der Waals surface area (Å²) in [5.41, 5.74) is 14.0. The largest absolute Gasteiger partial charge is 0.311 e. The highest BCUT2D eigenvalue weighted by Gasteiger charge is 2.17. The Morgan fingerprint density at radius 1 is 0.300 bits per heavy atom. The van der Waals surface area contributed by atoms with Crippen LogP contribution in [0.3, 0.4) is 0 Å².